The molecule has 5 nitrogen and oxygen atoms in total. The van der Waals surface area contributed by atoms with Crippen molar-refractivity contribution < 1.29 is 24.5 Å². The van der Waals surface area contributed by atoms with Gasteiger partial charge in [0.05, 0.1) is 5.58 Å². The third-order valence-electron chi connectivity index (χ3n) is 8.42. The second-order valence-corrected chi connectivity index (χ2v) is 18.4. The summed E-state index contributed by atoms with van der Waals surface area (Å²) in [6.07, 6.45) is 8.36. The second-order valence-electron chi connectivity index (χ2n) is 13.4. The maximum Gasteiger partial charge on any atom is 0.129 e. The Hall–Kier alpha value is -4.03. The molecule has 7 rings (SSSR count). The quantitative estimate of drug-likeness (QED) is 0.124. The predicted molar refractivity (Wildman–Crippen MR) is 193 cm³/mol. The van der Waals surface area contributed by atoms with Gasteiger partial charge >= 0.3 is 0 Å². The number of aromatic nitrogens is 2. The minimum atomic E-state index is -1.60. The number of benzene rings is 3. The van der Waals surface area contributed by atoms with Gasteiger partial charge in [-0.2, -0.15) is 0 Å². The molecule has 0 spiro atoms. The first kappa shape index (κ1) is 34.3. The molecule has 3 aromatic carbocycles. The van der Waals surface area contributed by atoms with Crippen molar-refractivity contribution in [3.8, 4) is 22.5 Å². The Morgan fingerprint density at radius 3 is 2.06 bits per heavy atom. The standard InChI is InChI=1S/C29H34N3OSi.C11H8N.Ir/c1-19(2)31-16-17-32(20(3)4)29(31)21-12-14-24(30-18-21)22-13-15-26(34(5,6)7)27-23-10-8-9-11-25(23)33-28(22)27;1-2-6-10(7-3-1)11-8-4-5-9-12-11;/h8-12,14-20,29H,1-7H3;1-6,8-9H;/q2*-1;. The van der Waals surface area contributed by atoms with Gasteiger partial charge in [-0.15, -0.1) is 53.2 Å². The monoisotopic (exact) mass is 815 g/mol. The third-order valence-corrected chi connectivity index (χ3v) is 10.4. The van der Waals surface area contributed by atoms with Gasteiger partial charge in [-0.25, -0.2) is 0 Å². The van der Waals surface area contributed by atoms with Crippen LogP contribution in [0.15, 0.2) is 114 Å². The number of pyridine rings is 2. The van der Waals surface area contributed by atoms with Crippen molar-refractivity contribution in [2.75, 3.05) is 0 Å². The van der Waals surface area contributed by atoms with Crippen LogP contribution >= 0.6 is 0 Å². The summed E-state index contributed by atoms with van der Waals surface area (Å²) in [5.74, 6) is 0. The summed E-state index contributed by atoms with van der Waals surface area (Å²) in [6.45, 7) is 16.1. The molecular weight excluding hydrogens is 773 g/mol. The summed E-state index contributed by atoms with van der Waals surface area (Å²) >= 11 is 0. The third kappa shape index (κ3) is 7.13. The zero-order valence-corrected chi connectivity index (χ0v) is 31.5. The molecule has 0 saturated heterocycles. The van der Waals surface area contributed by atoms with Crippen molar-refractivity contribution in [1.29, 1.82) is 0 Å². The molecular formula is C40H42IrN4OSi-2. The van der Waals surface area contributed by atoms with E-state index in [9.17, 15) is 0 Å². The smallest absolute Gasteiger partial charge is 0.129 e. The Labute approximate surface area is 293 Å². The van der Waals surface area contributed by atoms with Crippen molar-refractivity contribution in [1.82, 2.24) is 19.8 Å². The molecule has 1 aliphatic rings. The average Bonchev–Trinajstić information content (AvgIpc) is 3.68. The fourth-order valence-corrected chi connectivity index (χ4v) is 7.56. The van der Waals surface area contributed by atoms with Crippen LogP contribution < -0.4 is 5.19 Å². The molecule has 6 aromatic rings. The predicted octanol–water partition coefficient (Wildman–Crippen LogP) is 9.44. The van der Waals surface area contributed by atoms with E-state index >= 15 is 0 Å². The van der Waals surface area contributed by atoms with Crippen LogP contribution in [-0.2, 0) is 20.1 Å². The number of fused-ring (bicyclic) bond motifs is 3. The SMILES string of the molecule is CC(C)N1C=CN(C(C)C)C1c1ccc(-c2[c-]cc([Si](C)(C)C)c3c2oc2ccccc23)nc1.[Ir].[c-]1ccccc1-c1ccccn1. The molecule has 1 radical (unpaired) electrons. The molecule has 0 bridgehead atoms. The summed E-state index contributed by atoms with van der Waals surface area (Å²) in [7, 11) is -1.60. The fraction of sp³-hybridized carbons (Fsp3) is 0.250. The van der Waals surface area contributed by atoms with E-state index in [1.165, 1.54) is 21.5 Å². The largest absolute Gasteiger partial charge is 0.501 e. The molecule has 1 aliphatic heterocycles. The zero-order chi connectivity index (χ0) is 32.4. The second kappa shape index (κ2) is 14.4. The van der Waals surface area contributed by atoms with Gasteiger partial charge in [-0.05, 0) is 51.2 Å². The van der Waals surface area contributed by atoms with E-state index in [1.54, 1.807) is 6.20 Å². The molecule has 0 atom stereocenters. The molecule has 0 amide bonds. The van der Waals surface area contributed by atoms with Crippen LogP contribution in [0.2, 0.25) is 19.6 Å². The molecule has 0 fully saturated rings. The Morgan fingerprint density at radius 1 is 0.766 bits per heavy atom. The molecule has 47 heavy (non-hydrogen) atoms. The van der Waals surface area contributed by atoms with Gasteiger partial charge < -0.3 is 24.2 Å². The van der Waals surface area contributed by atoms with Gasteiger partial charge in [-0.3, -0.25) is 0 Å². The summed E-state index contributed by atoms with van der Waals surface area (Å²) in [5.41, 5.74) is 6.86. The van der Waals surface area contributed by atoms with E-state index in [2.05, 4.69) is 123 Å². The minimum absolute atomic E-state index is 0. The average molecular weight is 815 g/mol. The van der Waals surface area contributed by atoms with Crippen molar-refractivity contribution in [2.24, 2.45) is 0 Å². The number of hydrogen-bond donors (Lipinski definition) is 0. The first-order valence-electron chi connectivity index (χ1n) is 16.1. The molecule has 0 saturated carbocycles. The Morgan fingerprint density at radius 2 is 1.47 bits per heavy atom. The van der Waals surface area contributed by atoms with Crippen molar-refractivity contribution in [3.63, 3.8) is 0 Å². The first-order chi connectivity index (χ1) is 22.1. The van der Waals surface area contributed by atoms with E-state index in [0.29, 0.717) is 12.1 Å². The Balaban J connectivity index is 0.000000280. The number of hydrogen-bond acceptors (Lipinski definition) is 5. The molecule has 4 heterocycles. The number of furan rings is 1. The number of nitrogens with zero attached hydrogens (tertiary/aromatic N) is 4. The van der Waals surface area contributed by atoms with E-state index in [0.717, 1.165) is 33.7 Å². The molecule has 243 valence electrons. The maximum absolute atomic E-state index is 6.43. The number of para-hydroxylation sites is 1. The molecule has 0 unspecified atom stereocenters. The van der Waals surface area contributed by atoms with Crippen LogP contribution in [0.5, 0.6) is 0 Å². The van der Waals surface area contributed by atoms with Crippen LogP contribution in [0.25, 0.3) is 44.5 Å². The van der Waals surface area contributed by atoms with Crippen LogP contribution in [-0.4, -0.2) is 39.9 Å². The molecule has 3 aromatic heterocycles. The van der Waals surface area contributed by atoms with Gasteiger partial charge in [0.1, 0.15) is 11.7 Å². The van der Waals surface area contributed by atoms with Gasteiger partial charge in [0.2, 0.25) is 0 Å². The van der Waals surface area contributed by atoms with Crippen LogP contribution in [0.4, 0.5) is 0 Å². The van der Waals surface area contributed by atoms with E-state index < -0.39 is 8.07 Å². The van der Waals surface area contributed by atoms with E-state index in [1.807, 2.05) is 54.7 Å². The van der Waals surface area contributed by atoms with Gasteiger partial charge in [0, 0.05) is 76.0 Å². The first-order valence-corrected chi connectivity index (χ1v) is 19.6. The van der Waals surface area contributed by atoms with Gasteiger partial charge in [0.15, 0.2) is 0 Å². The Bertz CT molecular complexity index is 1890. The molecule has 7 heteroatoms. The summed E-state index contributed by atoms with van der Waals surface area (Å²) in [6, 6.07) is 36.0. The van der Waals surface area contributed by atoms with Crippen LogP contribution in [0.1, 0.15) is 39.4 Å². The van der Waals surface area contributed by atoms with Gasteiger partial charge in [-0.1, -0.05) is 73.1 Å². The zero-order valence-electron chi connectivity index (χ0n) is 28.2. The van der Waals surface area contributed by atoms with E-state index in [-0.39, 0.29) is 26.3 Å². The topological polar surface area (TPSA) is 45.4 Å². The summed E-state index contributed by atoms with van der Waals surface area (Å²) < 4.78 is 6.43. The van der Waals surface area contributed by atoms with Crippen molar-refractivity contribution >= 4 is 35.2 Å². The summed E-state index contributed by atoms with van der Waals surface area (Å²) in [4.78, 5) is 13.9. The van der Waals surface area contributed by atoms with Crippen molar-refractivity contribution in [3.05, 3.63) is 127 Å². The van der Waals surface area contributed by atoms with Crippen LogP contribution in [0, 0.1) is 12.1 Å². The summed E-state index contributed by atoms with van der Waals surface area (Å²) in [5, 5.41) is 3.79. The maximum atomic E-state index is 6.43. The van der Waals surface area contributed by atoms with Crippen LogP contribution in [0.3, 0.4) is 0 Å². The molecule has 0 aliphatic carbocycles. The van der Waals surface area contributed by atoms with Gasteiger partial charge in [0.25, 0.3) is 0 Å². The fourth-order valence-electron chi connectivity index (χ4n) is 6.06. The number of rotatable bonds is 6. The van der Waals surface area contributed by atoms with Crippen molar-refractivity contribution in [2.45, 2.75) is 65.6 Å². The molecule has 0 N–H and O–H groups in total. The Kier molecular flexibility index (Phi) is 10.5. The van der Waals surface area contributed by atoms with E-state index in [4.69, 9.17) is 9.40 Å². The minimum Gasteiger partial charge on any atom is -0.501 e. The normalized spacial score (nSPS) is 13.4.